The Hall–Kier alpha value is -0.563. The monoisotopic (exact) mass is 344 g/mol. The van der Waals surface area contributed by atoms with Crippen LogP contribution in [0.15, 0.2) is 30.3 Å². The van der Waals surface area contributed by atoms with E-state index in [-0.39, 0.29) is 0 Å². The zero-order valence-electron chi connectivity index (χ0n) is 16.2. The quantitative estimate of drug-likeness (QED) is 0.200. The Kier molecular flexibility index (Phi) is 15.5. The summed E-state index contributed by atoms with van der Waals surface area (Å²) in [5.74, 6) is 0. The van der Waals surface area contributed by atoms with Gasteiger partial charge in [-0.2, -0.15) is 0 Å². The van der Waals surface area contributed by atoms with Gasteiger partial charge in [0.15, 0.2) is 0 Å². The molecule has 0 saturated heterocycles. The lowest BCUT2D eigenvalue weighted by Gasteiger charge is -2.03. The molecule has 1 aromatic carbocycles. The molecule has 0 saturated carbocycles. The molecule has 0 aliphatic carbocycles. The number of benzene rings is 1. The fourth-order valence-electron chi connectivity index (χ4n) is 3.27. The summed E-state index contributed by atoms with van der Waals surface area (Å²) >= 11 is 0. The van der Waals surface area contributed by atoms with Crippen molar-refractivity contribution in [2.45, 2.75) is 109 Å². The Bertz CT molecular complexity index is 346. The van der Waals surface area contributed by atoms with E-state index in [1.165, 1.54) is 108 Å². The normalized spacial score (nSPS) is 11.0. The van der Waals surface area contributed by atoms with Gasteiger partial charge in [0.25, 0.3) is 0 Å². The lowest BCUT2D eigenvalue weighted by atomic mass is 10.0. The van der Waals surface area contributed by atoms with Gasteiger partial charge in [-0.05, 0) is 6.04 Å². The average Bonchev–Trinajstić information content (AvgIpc) is 2.62. The zero-order chi connectivity index (χ0) is 17.1. The number of unbranched alkanes of at least 4 members (excludes halogenated alkanes) is 13. The number of rotatable bonds is 17. The first kappa shape index (κ1) is 21.5. The molecule has 0 aliphatic rings. The van der Waals surface area contributed by atoms with Crippen molar-refractivity contribution in [2.24, 2.45) is 0 Å². The van der Waals surface area contributed by atoms with E-state index in [0.717, 1.165) is 9.52 Å². The highest BCUT2D eigenvalue weighted by Crippen LogP contribution is 2.13. The predicted molar refractivity (Wildman–Crippen MR) is 111 cm³/mol. The summed E-state index contributed by atoms with van der Waals surface area (Å²) in [6.07, 6.45) is 20.4. The van der Waals surface area contributed by atoms with Crippen molar-refractivity contribution in [1.82, 2.24) is 0 Å². The molecule has 0 unspecified atom stereocenters. The van der Waals surface area contributed by atoms with Crippen LogP contribution in [0.5, 0.6) is 0 Å². The molecule has 24 heavy (non-hydrogen) atoms. The van der Waals surface area contributed by atoms with Crippen molar-refractivity contribution >= 4 is 9.52 Å². The number of hydrogen-bond donors (Lipinski definition) is 0. The molecule has 0 N–H and O–H groups in total. The zero-order valence-corrected chi connectivity index (χ0v) is 17.2. The van der Waals surface area contributed by atoms with Crippen LogP contribution in [0, 0.1) is 0 Å². The van der Waals surface area contributed by atoms with Gasteiger partial charge in [0.2, 0.25) is 0 Å². The fraction of sp³-hybridized carbons (Fsp3) is 0.739. The van der Waals surface area contributed by atoms with Gasteiger partial charge in [0, 0.05) is 9.52 Å². The summed E-state index contributed by atoms with van der Waals surface area (Å²) in [7, 11) is 1.12. The minimum absolute atomic E-state index is 1.12. The van der Waals surface area contributed by atoms with E-state index in [1.807, 2.05) is 0 Å². The average molecular weight is 345 g/mol. The maximum atomic E-state index is 2.30. The fourth-order valence-corrected chi connectivity index (χ4v) is 4.47. The van der Waals surface area contributed by atoms with E-state index in [1.54, 1.807) is 0 Å². The molecule has 0 atom stereocenters. The standard InChI is InChI=1S/C23H40Si/c1-2-3-4-5-6-7-8-9-10-11-12-13-14-18-21-24-22-23-19-16-15-17-20-23/h15-17,19-20H,2-14,18,21-22H2,1H3. The van der Waals surface area contributed by atoms with Gasteiger partial charge in [-0.25, -0.2) is 0 Å². The molecule has 1 heteroatoms. The van der Waals surface area contributed by atoms with Crippen LogP contribution < -0.4 is 0 Å². The Morgan fingerprint density at radius 3 is 1.54 bits per heavy atom. The molecule has 2 radical (unpaired) electrons. The molecule has 0 fully saturated rings. The van der Waals surface area contributed by atoms with Gasteiger partial charge in [-0.15, -0.1) is 0 Å². The molecule has 0 heterocycles. The van der Waals surface area contributed by atoms with Crippen LogP contribution in [0.2, 0.25) is 6.04 Å². The van der Waals surface area contributed by atoms with Crippen molar-refractivity contribution in [1.29, 1.82) is 0 Å². The molecule has 0 amide bonds. The maximum Gasteiger partial charge on any atom is 0.0428 e. The van der Waals surface area contributed by atoms with Crippen LogP contribution in [0.4, 0.5) is 0 Å². The second kappa shape index (κ2) is 17.3. The molecule has 0 bridgehead atoms. The summed E-state index contributed by atoms with van der Waals surface area (Å²) in [6.45, 7) is 2.30. The van der Waals surface area contributed by atoms with E-state index in [9.17, 15) is 0 Å². The van der Waals surface area contributed by atoms with Crippen LogP contribution in [0.1, 0.15) is 102 Å². The molecular weight excluding hydrogens is 304 g/mol. The van der Waals surface area contributed by atoms with Gasteiger partial charge in [-0.3, -0.25) is 0 Å². The van der Waals surface area contributed by atoms with Gasteiger partial charge in [0.05, 0.1) is 0 Å². The molecule has 1 aromatic rings. The maximum absolute atomic E-state index is 2.30. The third kappa shape index (κ3) is 13.8. The third-order valence-electron chi connectivity index (χ3n) is 4.88. The Balaban J connectivity index is 1.70. The summed E-state index contributed by atoms with van der Waals surface area (Å²) in [5.41, 5.74) is 1.51. The van der Waals surface area contributed by atoms with Crippen molar-refractivity contribution < 1.29 is 0 Å². The Labute approximate surface area is 154 Å². The smallest absolute Gasteiger partial charge is 0.0428 e. The first-order chi connectivity index (χ1) is 11.9. The topological polar surface area (TPSA) is 0 Å². The lowest BCUT2D eigenvalue weighted by molar-refractivity contribution is 0.538. The molecule has 1 rings (SSSR count). The van der Waals surface area contributed by atoms with Crippen LogP contribution in [0.3, 0.4) is 0 Å². The van der Waals surface area contributed by atoms with Gasteiger partial charge in [0.1, 0.15) is 0 Å². The molecule has 136 valence electrons. The van der Waals surface area contributed by atoms with Crippen molar-refractivity contribution in [3.8, 4) is 0 Å². The van der Waals surface area contributed by atoms with Crippen molar-refractivity contribution in [2.75, 3.05) is 0 Å². The lowest BCUT2D eigenvalue weighted by Crippen LogP contribution is -1.96. The molecule has 0 aromatic heterocycles. The van der Waals surface area contributed by atoms with Crippen LogP contribution in [-0.2, 0) is 6.04 Å². The minimum atomic E-state index is 1.12. The molecule has 0 nitrogen and oxygen atoms in total. The second-order valence-corrected chi connectivity index (χ2v) is 8.61. The molecular formula is C23H40Si. The summed E-state index contributed by atoms with van der Waals surface area (Å²) in [5, 5.41) is 0. The van der Waals surface area contributed by atoms with Gasteiger partial charge >= 0.3 is 0 Å². The van der Waals surface area contributed by atoms with Gasteiger partial charge in [-0.1, -0.05) is 139 Å². The Morgan fingerprint density at radius 2 is 1.04 bits per heavy atom. The summed E-state index contributed by atoms with van der Waals surface area (Å²) in [4.78, 5) is 0. The number of hydrogen-bond acceptors (Lipinski definition) is 0. The third-order valence-corrected chi connectivity index (χ3v) is 6.24. The van der Waals surface area contributed by atoms with E-state index in [2.05, 4.69) is 37.3 Å². The second-order valence-electron chi connectivity index (χ2n) is 7.26. The van der Waals surface area contributed by atoms with E-state index in [0.29, 0.717) is 0 Å². The summed E-state index contributed by atoms with van der Waals surface area (Å²) < 4.78 is 0. The molecule has 0 spiro atoms. The van der Waals surface area contributed by atoms with E-state index >= 15 is 0 Å². The van der Waals surface area contributed by atoms with E-state index in [4.69, 9.17) is 0 Å². The largest absolute Gasteiger partial charge is 0.0654 e. The first-order valence-electron chi connectivity index (χ1n) is 10.7. The highest BCUT2D eigenvalue weighted by Gasteiger charge is 1.96. The molecule has 0 aliphatic heterocycles. The van der Waals surface area contributed by atoms with Crippen LogP contribution in [-0.4, -0.2) is 9.52 Å². The van der Waals surface area contributed by atoms with Crippen LogP contribution >= 0.6 is 0 Å². The van der Waals surface area contributed by atoms with Gasteiger partial charge < -0.3 is 0 Å². The van der Waals surface area contributed by atoms with Crippen molar-refractivity contribution in [3.63, 3.8) is 0 Å². The SMILES string of the molecule is CCCCCCCCCCCCCCCC[Si]Cc1ccccc1. The van der Waals surface area contributed by atoms with Crippen molar-refractivity contribution in [3.05, 3.63) is 35.9 Å². The summed E-state index contributed by atoms with van der Waals surface area (Å²) in [6, 6.07) is 13.7. The van der Waals surface area contributed by atoms with E-state index < -0.39 is 0 Å². The highest BCUT2D eigenvalue weighted by molar-refractivity contribution is 6.34. The minimum Gasteiger partial charge on any atom is -0.0654 e. The van der Waals surface area contributed by atoms with Crippen LogP contribution in [0.25, 0.3) is 0 Å². The first-order valence-corrected chi connectivity index (χ1v) is 12.1. The highest BCUT2D eigenvalue weighted by atomic mass is 28.2. The predicted octanol–water partition coefficient (Wildman–Crippen LogP) is 7.79. The Morgan fingerprint density at radius 1 is 0.583 bits per heavy atom.